The number of carbonyl (C=O) groups is 1. The molecule has 0 saturated heterocycles. The molecule has 2 N–H and O–H groups in total. The molecule has 0 aromatic carbocycles. The summed E-state index contributed by atoms with van der Waals surface area (Å²) in [5, 5.41) is 0. The summed E-state index contributed by atoms with van der Waals surface area (Å²) in [4.78, 5) is 13.8. The zero-order valence-corrected chi connectivity index (χ0v) is 9.38. The number of hydrogen-bond acceptors (Lipinski definition) is 2. The van der Waals surface area contributed by atoms with Gasteiger partial charge in [-0.1, -0.05) is 26.2 Å². The van der Waals surface area contributed by atoms with Crippen LogP contribution in [0.3, 0.4) is 0 Å². The summed E-state index contributed by atoms with van der Waals surface area (Å²) in [6, 6.07) is 0. The smallest absolute Gasteiger partial charge is 0.242 e. The van der Waals surface area contributed by atoms with Crippen molar-refractivity contribution in [3.63, 3.8) is 0 Å². The first-order chi connectivity index (χ1) is 6.60. The van der Waals surface area contributed by atoms with Crippen LogP contribution < -0.4 is 5.73 Å². The van der Waals surface area contributed by atoms with Crippen LogP contribution in [0.2, 0.25) is 0 Å². The number of amides is 1. The maximum atomic E-state index is 12.0. The zero-order valence-electron chi connectivity index (χ0n) is 9.38. The maximum absolute atomic E-state index is 12.0. The normalized spacial score (nSPS) is 20.5. The highest BCUT2D eigenvalue weighted by Gasteiger charge is 2.36. The van der Waals surface area contributed by atoms with Gasteiger partial charge in [-0.15, -0.1) is 0 Å². The predicted molar refractivity (Wildman–Crippen MR) is 57.9 cm³/mol. The molecule has 1 aliphatic rings. The molecular weight excluding hydrogens is 176 g/mol. The summed E-state index contributed by atoms with van der Waals surface area (Å²) < 4.78 is 0. The van der Waals surface area contributed by atoms with Crippen LogP contribution in [0, 0.1) is 0 Å². The molecule has 1 amide bonds. The van der Waals surface area contributed by atoms with Gasteiger partial charge >= 0.3 is 0 Å². The van der Waals surface area contributed by atoms with Crippen LogP contribution in [0.25, 0.3) is 0 Å². The van der Waals surface area contributed by atoms with Crippen molar-refractivity contribution in [3.05, 3.63) is 0 Å². The second-order valence-corrected chi connectivity index (χ2v) is 4.44. The van der Waals surface area contributed by atoms with Gasteiger partial charge in [0, 0.05) is 13.6 Å². The summed E-state index contributed by atoms with van der Waals surface area (Å²) in [5.41, 5.74) is 5.59. The van der Waals surface area contributed by atoms with Crippen molar-refractivity contribution < 1.29 is 4.79 Å². The van der Waals surface area contributed by atoms with Crippen LogP contribution in [0.5, 0.6) is 0 Å². The van der Waals surface area contributed by atoms with Crippen LogP contribution in [0.1, 0.15) is 45.4 Å². The van der Waals surface area contributed by atoms with Gasteiger partial charge in [0.05, 0.1) is 5.54 Å². The summed E-state index contributed by atoms with van der Waals surface area (Å²) in [6.45, 7) is 2.89. The number of rotatable bonds is 3. The first-order valence-electron chi connectivity index (χ1n) is 5.64. The third kappa shape index (κ3) is 2.47. The van der Waals surface area contributed by atoms with Crippen molar-refractivity contribution in [1.82, 2.24) is 4.90 Å². The minimum Gasteiger partial charge on any atom is -0.344 e. The molecule has 1 rings (SSSR count). The van der Waals surface area contributed by atoms with Gasteiger partial charge in [-0.25, -0.2) is 0 Å². The average molecular weight is 198 g/mol. The molecule has 0 aliphatic heterocycles. The fourth-order valence-corrected chi connectivity index (χ4v) is 2.21. The van der Waals surface area contributed by atoms with Gasteiger partial charge in [-0.05, 0) is 19.3 Å². The quantitative estimate of drug-likeness (QED) is 0.747. The van der Waals surface area contributed by atoms with E-state index in [4.69, 9.17) is 5.73 Å². The van der Waals surface area contributed by atoms with Gasteiger partial charge in [-0.2, -0.15) is 0 Å². The van der Waals surface area contributed by atoms with Gasteiger partial charge in [0.1, 0.15) is 0 Å². The molecule has 0 aromatic heterocycles. The van der Waals surface area contributed by atoms with Crippen LogP contribution in [-0.4, -0.2) is 29.9 Å². The molecule has 0 heterocycles. The standard InChI is InChI=1S/C11H22N2O/c1-3-9-13(2)10(14)11(12)7-5-4-6-8-11/h3-9,12H2,1-2H3. The monoisotopic (exact) mass is 198 g/mol. The van der Waals surface area contributed by atoms with Crippen molar-refractivity contribution >= 4 is 5.91 Å². The largest absolute Gasteiger partial charge is 0.344 e. The van der Waals surface area contributed by atoms with E-state index in [1.807, 2.05) is 7.05 Å². The third-order valence-corrected chi connectivity index (χ3v) is 3.08. The lowest BCUT2D eigenvalue weighted by Gasteiger charge is -2.35. The predicted octanol–water partition coefficient (Wildman–Crippen LogP) is 1.52. The number of nitrogens with zero attached hydrogens (tertiary/aromatic N) is 1. The molecule has 0 atom stereocenters. The Morgan fingerprint density at radius 2 is 1.93 bits per heavy atom. The number of hydrogen-bond donors (Lipinski definition) is 1. The van der Waals surface area contributed by atoms with Crippen molar-refractivity contribution in [1.29, 1.82) is 0 Å². The molecule has 3 nitrogen and oxygen atoms in total. The van der Waals surface area contributed by atoms with Gasteiger partial charge < -0.3 is 10.6 Å². The molecule has 1 saturated carbocycles. The topological polar surface area (TPSA) is 46.3 Å². The second kappa shape index (κ2) is 4.78. The Kier molecular flexibility index (Phi) is 3.93. The van der Waals surface area contributed by atoms with E-state index >= 15 is 0 Å². The number of carbonyl (C=O) groups excluding carboxylic acids is 1. The summed E-state index contributed by atoms with van der Waals surface area (Å²) >= 11 is 0. The number of likely N-dealkylation sites (N-methyl/N-ethyl adjacent to an activating group) is 1. The molecule has 14 heavy (non-hydrogen) atoms. The fraction of sp³-hybridized carbons (Fsp3) is 0.909. The molecule has 3 heteroatoms. The van der Waals surface area contributed by atoms with Crippen LogP contribution in [-0.2, 0) is 4.79 Å². The molecular formula is C11H22N2O. The van der Waals surface area contributed by atoms with Crippen molar-refractivity contribution in [3.8, 4) is 0 Å². The zero-order chi connectivity index (χ0) is 10.6. The first kappa shape index (κ1) is 11.5. The van der Waals surface area contributed by atoms with E-state index < -0.39 is 5.54 Å². The molecule has 82 valence electrons. The summed E-state index contributed by atoms with van der Waals surface area (Å²) in [5.74, 6) is 0.138. The van der Waals surface area contributed by atoms with Gasteiger partial charge in [0.15, 0.2) is 0 Å². The lowest BCUT2D eigenvalue weighted by Crippen LogP contribution is -2.55. The van der Waals surface area contributed by atoms with Crippen molar-refractivity contribution in [2.45, 2.75) is 51.0 Å². The minimum absolute atomic E-state index is 0.138. The van der Waals surface area contributed by atoms with Crippen molar-refractivity contribution in [2.75, 3.05) is 13.6 Å². The second-order valence-electron chi connectivity index (χ2n) is 4.44. The lowest BCUT2D eigenvalue weighted by molar-refractivity contribution is -0.136. The van der Waals surface area contributed by atoms with Gasteiger partial charge in [0.2, 0.25) is 5.91 Å². The van der Waals surface area contributed by atoms with Crippen LogP contribution >= 0.6 is 0 Å². The van der Waals surface area contributed by atoms with E-state index in [-0.39, 0.29) is 5.91 Å². The first-order valence-corrected chi connectivity index (χ1v) is 5.64. The summed E-state index contributed by atoms with van der Waals surface area (Å²) in [6.07, 6.45) is 6.15. The molecule has 0 radical (unpaired) electrons. The summed E-state index contributed by atoms with van der Waals surface area (Å²) in [7, 11) is 1.86. The van der Waals surface area contributed by atoms with E-state index in [2.05, 4.69) is 6.92 Å². The van der Waals surface area contributed by atoms with Gasteiger partial charge in [0.25, 0.3) is 0 Å². The highest BCUT2D eigenvalue weighted by Crippen LogP contribution is 2.27. The number of nitrogens with two attached hydrogens (primary N) is 1. The fourth-order valence-electron chi connectivity index (χ4n) is 2.21. The Morgan fingerprint density at radius 3 is 2.43 bits per heavy atom. The van der Waals surface area contributed by atoms with Crippen LogP contribution in [0.15, 0.2) is 0 Å². The molecule has 1 aliphatic carbocycles. The third-order valence-electron chi connectivity index (χ3n) is 3.08. The van der Waals surface area contributed by atoms with Crippen molar-refractivity contribution in [2.24, 2.45) is 5.73 Å². The highest BCUT2D eigenvalue weighted by atomic mass is 16.2. The Bertz CT molecular complexity index is 197. The Balaban J connectivity index is 2.56. The Morgan fingerprint density at radius 1 is 1.36 bits per heavy atom. The molecule has 0 spiro atoms. The Hall–Kier alpha value is -0.570. The SMILES string of the molecule is CCCN(C)C(=O)C1(N)CCCCC1. The average Bonchev–Trinajstić information content (AvgIpc) is 2.18. The van der Waals surface area contributed by atoms with Gasteiger partial charge in [-0.3, -0.25) is 4.79 Å². The molecule has 0 aromatic rings. The minimum atomic E-state index is -0.553. The highest BCUT2D eigenvalue weighted by molar-refractivity contribution is 5.86. The van der Waals surface area contributed by atoms with E-state index in [9.17, 15) is 4.79 Å². The maximum Gasteiger partial charge on any atom is 0.242 e. The molecule has 0 unspecified atom stereocenters. The molecule has 1 fully saturated rings. The van der Waals surface area contributed by atoms with E-state index in [0.717, 1.165) is 38.6 Å². The van der Waals surface area contributed by atoms with E-state index in [1.165, 1.54) is 6.42 Å². The molecule has 0 bridgehead atoms. The van der Waals surface area contributed by atoms with Crippen LogP contribution in [0.4, 0.5) is 0 Å². The lowest BCUT2D eigenvalue weighted by atomic mass is 9.81. The van der Waals surface area contributed by atoms with E-state index in [1.54, 1.807) is 4.90 Å². The Labute approximate surface area is 86.6 Å². The van der Waals surface area contributed by atoms with E-state index in [0.29, 0.717) is 0 Å².